The Bertz CT molecular complexity index is 590. The molecule has 6 heteroatoms. The minimum Gasteiger partial charge on any atom is -0.484 e. The normalized spacial score (nSPS) is 9.42. The number of hydrogen-bond acceptors (Lipinski definition) is 5. The number of benzene rings is 1. The monoisotopic (exact) mass is 254 g/mol. The minimum atomic E-state index is -0.329. The molecule has 1 N–H and O–H groups in total. The molecule has 0 aliphatic heterocycles. The van der Waals surface area contributed by atoms with Gasteiger partial charge < -0.3 is 10.1 Å². The number of ether oxygens (including phenoxy) is 1. The van der Waals surface area contributed by atoms with Crippen molar-refractivity contribution in [1.29, 1.82) is 5.26 Å². The standard InChI is InChI=1S/C13H10N4O2/c14-8-10-3-5-11(6-4-10)19-9-13(18)16-12-2-1-7-15-17-12/h1-7H,9H2,(H,16,17,18). The van der Waals surface area contributed by atoms with Gasteiger partial charge in [0.15, 0.2) is 12.4 Å². The predicted octanol–water partition coefficient (Wildman–Crippen LogP) is 1.37. The van der Waals surface area contributed by atoms with Crippen molar-refractivity contribution >= 4 is 11.7 Å². The second-order valence-electron chi connectivity index (χ2n) is 3.58. The first kappa shape index (κ1) is 12.5. The Morgan fingerprint density at radius 2 is 2.11 bits per heavy atom. The Morgan fingerprint density at radius 1 is 1.32 bits per heavy atom. The zero-order valence-corrected chi connectivity index (χ0v) is 9.91. The summed E-state index contributed by atoms with van der Waals surface area (Å²) in [4.78, 5) is 11.6. The van der Waals surface area contributed by atoms with E-state index in [-0.39, 0.29) is 12.5 Å². The first-order valence-electron chi connectivity index (χ1n) is 5.48. The van der Waals surface area contributed by atoms with Crippen molar-refractivity contribution in [1.82, 2.24) is 10.2 Å². The van der Waals surface area contributed by atoms with Crippen LogP contribution >= 0.6 is 0 Å². The lowest BCUT2D eigenvalue weighted by molar-refractivity contribution is -0.118. The second-order valence-corrected chi connectivity index (χ2v) is 3.58. The molecule has 2 rings (SSSR count). The van der Waals surface area contributed by atoms with Crippen molar-refractivity contribution in [3.63, 3.8) is 0 Å². The van der Waals surface area contributed by atoms with Crippen molar-refractivity contribution in [2.75, 3.05) is 11.9 Å². The van der Waals surface area contributed by atoms with E-state index < -0.39 is 0 Å². The number of aromatic nitrogens is 2. The molecule has 1 aromatic carbocycles. The highest BCUT2D eigenvalue weighted by Gasteiger charge is 2.04. The van der Waals surface area contributed by atoms with Gasteiger partial charge in [0.1, 0.15) is 5.75 Å². The molecule has 0 bridgehead atoms. The highest BCUT2D eigenvalue weighted by atomic mass is 16.5. The van der Waals surface area contributed by atoms with Crippen molar-refractivity contribution in [3.8, 4) is 11.8 Å². The molecule has 0 saturated carbocycles. The van der Waals surface area contributed by atoms with E-state index in [4.69, 9.17) is 10.00 Å². The summed E-state index contributed by atoms with van der Waals surface area (Å²) >= 11 is 0. The van der Waals surface area contributed by atoms with Crippen LogP contribution in [0.15, 0.2) is 42.6 Å². The van der Waals surface area contributed by atoms with E-state index in [9.17, 15) is 4.79 Å². The van der Waals surface area contributed by atoms with Gasteiger partial charge in [-0.15, -0.1) is 5.10 Å². The Morgan fingerprint density at radius 3 is 2.74 bits per heavy atom. The summed E-state index contributed by atoms with van der Waals surface area (Å²) in [5.41, 5.74) is 0.538. The van der Waals surface area contributed by atoms with Gasteiger partial charge in [-0.2, -0.15) is 10.4 Å². The van der Waals surface area contributed by atoms with Crippen LogP contribution in [0.1, 0.15) is 5.56 Å². The van der Waals surface area contributed by atoms with Gasteiger partial charge in [0, 0.05) is 6.20 Å². The van der Waals surface area contributed by atoms with Gasteiger partial charge in [0.25, 0.3) is 5.91 Å². The lowest BCUT2D eigenvalue weighted by Gasteiger charge is -2.06. The van der Waals surface area contributed by atoms with E-state index in [0.717, 1.165) is 0 Å². The van der Waals surface area contributed by atoms with E-state index in [2.05, 4.69) is 15.5 Å². The molecular weight excluding hydrogens is 244 g/mol. The number of hydrogen-bond donors (Lipinski definition) is 1. The van der Waals surface area contributed by atoms with Crippen LogP contribution in [0.25, 0.3) is 0 Å². The lowest BCUT2D eigenvalue weighted by atomic mass is 10.2. The fourth-order valence-electron chi connectivity index (χ4n) is 1.32. The second kappa shape index (κ2) is 6.12. The molecule has 6 nitrogen and oxygen atoms in total. The molecule has 0 radical (unpaired) electrons. The number of nitrogens with zero attached hydrogens (tertiary/aromatic N) is 3. The molecule has 0 fully saturated rings. The smallest absolute Gasteiger partial charge is 0.263 e. The topological polar surface area (TPSA) is 87.9 Å². The number of nitriles is 1. The van der Waals surface area contributed by atoms with Crippen LogP contribution in [0.2, 0.25) is 0 Å². The predicted molar refractivity (Wildman–Crippen MR) is 67.3 cm³/mol. The summed E-state index contributed by atoms with van der Waals surface area (Å²) in [7, 11) is 0. The fraction of sp³-hybridized carbons (Fsp3) is 0.0769. The Balaban J connectivity index is 1.85. The van der Waals surface area contributed by atoms with E-state index in [1.54, 1.807) is 36.4 Å². The largest absolute Gasteiger partial charge is 0.484 e. The number of nitrogens with one attached hydrogen (secondary N) is 1. The van der Waals surface area contributed by atoms with E-state index in [1.165, 1.54) is 6.20 Å². The molecule has 94 valence electrons. The van der Waals surface area contributed by atoms with Gasteiger partial charge in [0.05, 0.1) is 11.6 Å². The van der Waals surface area contributed by atoms with E-state index >= 15 is 0 Å². The van der Waals surface area contributed by atoms with Crippen LogP contribution in [-0.4, -0.2) is 22.7 Å². The molecule has 2 aromatic rings. The molecular formula is C13H10N4O2. The molecule has 0 aliphatic rings. The third kappa shape index (κ3) is 3.78. The number of anilines is 1. The summed E-state index contributed by atoms with van der Waals surface area (Å²) in [5, 5.41) is 18.5. The number of rotatable bonds is 4. The van der Waals surface area contributed by atoms with Crippen LogP contribution in [-0.2, 0) is 4.79 Å². The molecule has 19 heavy (non-hydrogen) atoms. The van der Waals surface area contributed by atoms with Gasteiger partial charge in [0.2, 0.25) is 0 Å². The Hall–Kier alpha value is -2.94. The molecule has 1 heterocycles. The Kier molecular flexibility index (Phi) is 4.03. The highest BCUT2D eigenvalue weighted by molar-refractivity contribution is 5.90. The van der Waals surface area contributed by atoms with Crippen LogP contribution in [0.3, 0.4) is 0 Å². The molecule has 1 amide bonds. The summed E-state index contributed by atoms with van der Waals surface area (Å²) in [6.45, 7) is -0.136. The molecule has 0 unspecified atom stereocenters. The lowest BCUT2D eigenvalue weighted by Crippen LogP contribution is -2.20. The summed E-state index contributed by atoms with van der Waals surface area (Å²) in [5.74, 6) is 0.564. The van der Waals surface area contributed by atoms with Gasteiger partial charge in [-0.3, -0.25) is 4.79 Å². The zero-order valence-electron chi connectivity index (χ0n) is 9.91. The van der Waals surface area contributed by atoms with Gasteiger partial charge >= 0.3 is 0 Å². The summed E-state index contributed by atoms with van der Waals surface area (Å²) < 4.78 is 5.27. The van der Waals surface area contributed by atoms with Gasteiger partial charge in [-0.25, -0.2) is 0 Å². The number of carbonyl (C=O) groups is 1. The van der Waals surface area contributed by atoms with Crippen LogP contribution < -0.4 is 10.1 Å². The maximum absolute atomic E-state index is 11.6. The maximum atomic E-state index is 11.6. The van der Waals surface area contributed by atoms with Crippen LogP contribution in [0.5, 0.6) is 5.75 Å². The van der Waals surface area contributed by atoms with Crippen LogP contribution in [0, 0.1) is 11.3 Å². The van der Waals surface area contributed by atoms with Gasteiger partial charge in [-0.05, 0) is 36.4 Å². The van der Waals surface area contributed by atoms with Crippen molar-refractivity contribution in [3.05, 3.63) is 48.2 Å². The Labute approximate surface area is 109 Å². The van der Waals surface area contributed by atoms with Crippen molar-refractivity contribution in [2.24, 2.45) is 0 Å². The fourth-order valence-corrected chi connectivity index (χ4v) is 1.32. The molecule has 0 spiro atoms. The van der Waals surface area contributed by atoms with E-state index in [0.29, 0.717) is 17.1 Å². The third-order valence-electron chi connectivity index (χ3n) is 2.19. The number of carbonyl (C=O) groups excluding carboxylic acids is 1. The highest BCUT2D eigenvalue weighted by Crippen LogP contribution is 2.11. The third-order valence-corrected chi connectivity index (χ3v) is 2.19. The van der Waals surface area contributed by atoms with Gasteiger partial charge in [-0.1, -0.05) is 0 Å². The van der Waals surface area contributed by atoms with E-state index in [1.807, 2.05) is 6.07 Å². The zero-order chi connectivity index (χ0) is 13.5. The maximum Gasteiger partial charge on any atom is 0.263 e. The van der Waals surface area contributed by atoms with Crippen LogP contribution in [0.4, 0.5) is 5.82 Å². The first-order chi connectivity index (χ1) is 9.28. The average Bonchev–Trinajstić information content (AvgIpc) is 2.47. The number of amides is 1. The first-order valence-corrected chi connectivity index (χ1v) is 5.48. The molecule has 0 aliphatic carbocycles. The van der Waals surface area contributed by atoms with Crippen molar-refractivity contribution < 1.29 is 9.53 Å². The average molecular weight is 254 g/mol. The molecule has 1 aromatic heterocycles. The SMILES string of the molecule is N#Cc1ccc(OCC(=O)Nc2cccnn2)cc1. The minimum absolute atomic E-state index is 0.136. The summed E-state index contributed by atoms with van der Waals surface area (Å²) in [6.07, 6.45) is 1.52. The molecule has 0 atom stereocenters. The van der Waals surface area contributed by atoms with Crippen molar-refractivity contribution in [2.45, 2.75) is 0 Å². The molecule has 0 saturated heterocycles. The summed E-state index contributed by atoms with van der Waals surface area (Å²) in [6, 6.07) is 11.8. The quantitative estimate of drug-likeness (QED) is 0.890.